The third-order valence-corrected chi connectivity index (χ3v) is 4.22. The first-order chi connectivity index (χ1) is 14.2. The summed E-state index contributed by atoms with van der Waals surface area (Å²) in [5.74, 6) is -0.842. The lowest BCUT2D eigenvalue weighted by molar-refractivity contribution is -0.143. The van der Waals surface area contributed by atoms with Gasteiger partial charge in [0.1, 0.15) is 11.3 Å². The number of aryl methyl sites for hydroxylation is 1. The minimum atomic E-state index is -4.88. The maximum absolute atomic E-state index is 13.8. The van der Waals surface area contributed by atoms with Crippen LogP contribution in [-0.2, 0) is 10.9 Å². The lowest BCUT2D eigenvalue weighted by Crippen LogP contribution is -2.19. The van der Waals surface area contributed by atoms with Gasteiger partial charge in [-0.25, -0.2) is 14.5 Å². The molecule has 7 nitrogen and oxygen atoms in total. The van der Waals surface area contributed by atoms with Gasteiger partial charge in [0.25, 0.3) is 0 Å². The Morgan fingerprint density at radius 1 is 1.23 bits per heavy atom. The Balaban J connectivity index is 2.21. The van der Waals surface area contributed by atoms with Crippen LogP contribution in [0.2, 0.25) is 0 Å². The summed E-state index contributed by atoms with van der Waals surface area (Å²) in [6, 6.07) is 8.09. The van der Waals surface area contributed by atoms with Crippen molar-refractivity contribution < 1.29 is 27.4 Å². The first kappa shape index (κ1) is 21.2. The summed E-state index contributed by atoms with van der Waals surface area (Å²) in [5.41, 5.74) is 5.86. The third-order valence-electron chi connectivity index (χ3n) is 4.22. The molecule has 0 atom stereocenters. The zero-order chi connectivity index (χ0) is 22.1. The van der Waals surface area contributed by atoms with E-state index >= 15 is 0 Å². The molecule has 3 rings (SSSR count). The third kappa shape index (κ3) is 4.07. The van der Waals surface area contributed by atoms with Crippen LogP contribution >= 0.6 is 0 Å². The number of hydrogen-bond donors (Lipinski definition) is 1. The minimum absolute atomic E-state index is 0.0743. The second-order valence-corrected chi connectivity index (χ2v) is 6.38. The van der Waals surface area contributed by atoms with Crippen molar-refractivity contribution in [3.05, 3.63) is 53.3 Å². The Morgan fingerprint density at radius 3 is 2.60 bits per heavy atom. The number of anilines is 1. The molecule has 2 aromatic heterocycles. The van der Waals surface area contributed by atoms with E-state index in [0.717, 1.165) is 11.8 Å². The number of carbonyl (C=O) groups excluding carboxylic acids is 1. The van der Waals surface area contributed by atoms with Gasteiger partial charge in [0.05, 0.1) is 25.6 Å². The lowest BCUT2D eigenvalue weighted by atomic mass is 10.1. The summed E-state index contributed by atoms with van der Waals surface area (Å²) in [5, 5.41) is 3.74. The molecule has 2 N–H and O–H groups in total. The number of nitrogens with two attached hydrogens (primary N) is 1. The largest absolute Gasteiger partial charge is 0.496 e. The van der Waals surface area contributed by atoms with Crippen molar-refractivity contribution in [3.8, 4) is 22.8 Å². The highest BCUT2D eigenvalue weighted by Gasteiger charge is 2.41. The molecule has 0 aliphatic rings. The van der Waals surface area contributed by atoms with Crippen LogP contribution in [0.15, 0.2) is 36.5 Å². The van der Waals surface area contributed by atoms with Crippen LogP contribution < -0.4 is 10.5 Å². The highest BCUT2D eigenvalue weighted by Crippen LogP contribution is 2.35. The van der Waals surface area contributed by atoms with Crippen LogP contribution in [-0.4, -0.2) is 34.5 Å². The van der Waals surface area contributed by atoms with Gasteiger partial charge in [-0.05, 0) is 32.0 Å². The maximum atomic E-state index is 13.8. The SMILES string of the molecule is CCOC(=O)c1cnn(-c2cc(N)cc(-c3cc(C)ccc3OC)n2)c1C(F)(F)F. The van der Waals surface area contributed by atoms with Crippen LogP contribution in [0.4, 0.5) is 18.9 Å². The summed E-state index contributed by atoms with van der Waals surface area (Å²) in [7, 11) is 1.47. The number of halogens is 3. The van der Waals surface area contributed by atoms with E-state index in [1.165, 1.54) is 26.2 Å². The number of alkyl halides is 3. The number of methoxy groups -OCH3 is 1. The van der Waals surface area contributed by atoms with Gasteiger partial charge in [-0.1, -0.05) is 11.6 Å². The summed E-state index contributed by atoms with van der Waals surface area (Å²) in [6.45, 7) is 3.28. The molecular formula is C20H19F3N4O3. The number of rotatable bonds is 5. The van der Waals surface area contributed by atoms with E-state index in [-0.39, 0.29) is 18.1 Å². The summed E-state index contributed by atoms with van der Waals surface area (Å²) in [6.07, 6.45) is -4.08. The molecular weight excluding hydrogens is 401 g/mol. The highest BCUT2D eigenvalue weighted by atomic mass is 19.4. The van der Waals surface area contributed by atoms with Gasteiger partial charge in [0, 0.05) is 17.3 Å². The molecule has 0 unspecified atom stereocenters. The van der Waals surface area contributed by atoms with E-state index in [1.54, 1.807) is 12.1 Å². The van der Waals surface area contributed by atoms with Crippen molar-refractivity contribution >= 4 is 11.7 Å². The Labute approximate surface area is 170 Å². The van der Waals surface area contributed by atoms with E-state index in [0.29, 0.717) is 21.7 Å². The second-order valence-electron chi connectivity index (χ2n) is 6.38. The molecule has 10 heteroatoms. The summed E-state index contributed by atoms with van der Waals surface area (Å²) in [4.78, 5) is 16.3. The van der Waals surface area contributed by atoms with E-state index in [9.17, 15) is 18.0 Å². The summed E-state index contributed by atoms with van der Waals surface area (Å²) < 4.78 is 51.9. The van der Waals surface area contributed by atoms with Crippen molar-refractivity contribution in [1.82, 2.24) is 14.8 Å². The number of hydrogen-bond acceptors (Lipinski definition) is 6. The average molecular weight is 420 g/mol. The van der Waals surface area contributed by atoms with Gasteiger partial charge < -0.3 is 15.2 Å². The maximum Gasteiger partial charge on any atom is 0.434 e. The molecule has 0 amide bonds. The van der Waals surface area contributed by atoms with Gasteiger partial charge in [0.15, 0.2) is 11.5 Å². The molecule has 158 valence electrons. The quantitative estimate of drug-likeness (QED) is 0.627. The molecule has 3 aromatic rings. The summed E-state index contributed by atoms with van der Waals surface area (Å²) >= 11 is 0. The number of benzene rings is 1. The van der Waals surface area contributed by atoms with Gasteiger partial charge >= 0.3 is 12.1 Å². The van der Waals surface area contributed by atoms with Gasteiger partial charge in [-0.3, -0.25) is 0 Å². The van der Waals surface area contributed by atoms with Crippen molar-refractivity contribution in [2.75, 3.05) is 19.5 Å². The molecule has 0 fully saturated rings. The van der Waals surface area contributed by atoms with Crippen molar-refractivity contribution in [2.24, 2.45) is 0 Å². The first-order valence-corrected chi connectivity index (χ1v) is 8.91. The number of aromatic nitrogens is 3. The van der Waals surface area contributed by atoms with Gasteiger partial charge in [-0.2, -0.15) is 18.3 Å². The van der Waals surface area contributed by atoms with E-state index in [2.05, 4.69) is 10.1 Å². The number of nitrogen functional groups attached to an aromatic ring is 1. The minimum Gasteiger partial charge on any atom is -0.496 e. The van der Waals surface area contributed by atoms with Crippen molar-refractivity contribution in [3.63, 3.8) is 0 Å². The number of pyridine rings is 1. The Morgan fingerprint density at radius 2 is 1.97 bits per heavy atom. The lowest BCUT2D eigenvalue weighted by Gasteiger charge is -2.14. The number of nitrogens with zero attached hydrogens (tertiary/aromatic N) is 3. The van der Waals surface area contributed by atoms with Gasteiger partial charge in [0.2, 0.25) is 0 Å². The topological polar surface area (TPSA) is 92.3 Å². The Hall–Kier alpha value is -3.56. The smallest absolute Gasteiger partial charge is 0.434 e. The molecule has 0 bridgehead atoms. The molecule has 0 spiro atoms. The monoisotopic (exact) mass is 420 g/mol. The van der Waals surface area contributed by atoms with Crippen LogP contribution in [0.5, 0.6) is 5.75 Å². The second kappa shape index (κ2) is 8.05. The van der Waals surface area contributed by atoms with E-state index < -0.39 is 23.4 Å². The predicted octanol–water partition coefficient (Wildman–Crippen LogP) is 4.03. The van der Waals surface area contributed by atoms with Crippen molar-refractivity contribution in [1.29, 1.82) is 0 Å². The molecule has 0 aliphatic carbocycles. The number of carbonyl (C=O) groups is 1. The average Bonchev–Trinajstić information content (AvgIpc) is 3.13. The van der Waals surface area contributed by atoms with Crippen LogP contribution in [0, 0.1) is 6.92 Å². The molecule has 0 saturated carbocycles. The zero-order valence-electron chi connectivity index (χ0n) is 16.4. The predicted molar refractivity (Wildman–Crippen MR) is 103 cm³/mol. The standard InChI is InChI=1S/C20H19F3N4O3/c1-4-30-19(28)14-10-25-27(18(14)20(21,22)23)17-9-12(24)8-15(26-17)13-7-11(2)5-6-16(13)29-3/h5-10H,4H2,1-3H3,(H2,24,26). The highest BCUT2D eigenvalue weighted by molar-refractivity contribution is 5.90. The number of ether oxygens (including phenoxy) is 2. The fraction of sp³-hybridized carbons (Fsp3) is 0.250. The van der Waals surface area contributed by atoms with E-state index in [4.69, 9.17) is 15.2 Å². The molecule has 2 heterocycles. The van der Waals surface area contributed by atoms with Crippen LogP contribution in [0.25, 0.3) is 17.1 Å². The fourth-order valence-electron chi connectivity index (χ4n) is 2.96. The van der Waals surface area contributed by atoms with Crippen molar-refractivity contribution in [2.45, 2.75) is 20.0 Å². The zero-order valence-corrected chi connectivity index (χ0v) is 16.4. The van der Waals surface area contributed by atoms with E-state index in [1.807, 2.05) is 13.0 Å². The first-order valence-electron chi connectivity index (χ1n) is 8.91. The van der Waals surface area contributed by atoms with Crippen LogP contribution in [0.1, 0.15) is 28.5 Å². The molecule has 0 radical (unpaired) electrons. The molecule has 0 aliphatic heterocycles. The molecule has 1 aromatic carbocycles. The van der Waals surface area contributed by atoms with Crippen LogP contribution in [0.3, 0.4) is 0 Å². The Bertz CT molecular complexity index is 1090. The number of esters is 1. The van der Waals surface area contributed by atoms with Gasteiger partial charge in [-0.15, -0.1) is 0 Å². The Kier molecular flexibility index (Phi) is 5.68. The fourth-order valence-corrected chi connectivity index (χ4v) is 2.96. The molecule has 30 heavy (non-hydrogen) atoms. The normalized spacial score (nSPS) is 11.4. The molecule has 0 saturated heterocycles.